The van der Waals surface area contributed by atoms with Gasteiger partial charge < -0.3 is 23.8 Å². The molecule has 212 valence electrons. The standard InChI is InChI=1S/C31H42F2N4O2/c1-21(2)19-35-13-11-25(12-14-35)36-15-9-22(10-16-36)23-5-7-27-26(17-23)34-31(37(27)20-30(32)33)24-6-8-28(38-3)29(18-24)39-4/h5-8,17-18,21-22,25,30H,9-16,19-20H2,1-4H3. The van der Waals surface area contributed by atoms with E-state index in [2.05, 4.69) is 35.8 Å². The van der Waals surface area contributed by atoms with Gasteiger partial charge in [0.25, 0.3) is 6.43 Å². The maximum Gasteiger partial charge on any atom is 0.256 e. The van der Waals surface area contributed by atoms with Gasteiger partial charge in [-0.05, 0) is 99.6 Å². The van der Waals surface area contributed by atoms with E-state index in [1.807, 2.05) is 12.1 Å². The van der Waals surface area contributed by atoms with E-state index >= 15 is 0 Å². The van der Waals surface area contributed by atoms with Crippen LogP contribution in [0.4, 0.5) is 8.78 Å². The summed E-state index contributed by atoms with van der Waals surface area (Å²) in [7, 11) is 3.14. The van der Waals surface area contributed by atoms with Crippen LogP contribution in [0.15, 0.2) is 36.4 Å². The number of piperidine rings is 2. The van der Waals surface area contributed by atoms with Gasteiger partial charge in [0.1, 0.15) is 5.82 Å². The highest BCUT2D eigenvalue weighted by molar-refractivity contribution is 5.82. The van der Waals surface area contributed by atoms with Crippen molar-refractivity contribution in [2.75, 3.05) is 46.9 Å². The van der Waals surface area contributed by atoms with Crippen LogP contribution in [-0.4, -0.2) is 78.8 Å². The summed E-state index contributed by atoms with van der Waals surface area (Å²) in [4.78, 5) is 10.2. The molecule has 0 aliphatic carbocycles. The smallest absolute Gasteiger partial charge is 0.256 e. The van der Waals surface area contributed by atoms with Crippen molar-refractivity contribution >= 4 is 11.0 Å². The number of rotatable bonds is 9. The second kappa shape index (κ2) is 12.2. The van der Waals surface area contributed by atoms with E-state index in [0.717, 1.165) is 48.4 Å². The number of ether oxygens (including phenoxy) is 2. The highest BCUT2D eigenvalue weighted by atomic mass is 19.3. The number of aromatic nitrogens is 2. The molecule has 0 saturated carbocycles. The van der Waals surface area contributed by atoms with E-state index in [-0.39, 0.29) is 0 Å². The molecule has 39 heavy (non-hydrogen) atoms. The summed E-state index contributed by atoms with van der Waals surface area (Å²) < 4.78 is 39.7. The molecular weight excluding hydrogens is 498 g/mol. The third-order valence-electron chi connectivity index (χ3n) is 8.43. The van der Waals surface area contributed by atoms with E-state index in [4.69, 9.17) is 14.5 Å². The monoisotopic (exact) mass is 540 g/mol. The number of hydrogen-bond donors (Lipinski definition) is 0. The zero-order chi connectivity index (χ0) is 27.5. The summed E-state index contributed by atoms with van der Waals surface area (Å²) in [5, 5.41) is 0. The number of imidazole rings is 1. The van der Waals surface area contributed by atoms with Crippen molar-refractivity contribution in [1.29, 1.82) is 0 Å². The lowest BCUT2D eigenvalue weighted by molar-refractivity contribution is 0.0828. The lowest BCUT2D eigenvalue weighted by Crippen LogP contribution is -2.48. The molecule has 0 spiro atoms. The molecule has 0 atom stereocenters. The second-order valence-corrected chi connectivity index (χ2v) is 11.5. The Morgan fingerprint density at radius 3 is 2.23 bits per heavy atom. The van der Waals surface area contributed by atoms with Crippen LogP contribution in [-0.2, 0) is 6.54 Å². The molecule has 3 aromatic rings. The average Bonchev–Trinajstić information content (AvgIpc) is 3.29. The van der Waals surface area contributed by atoms with Crippen molar-refractivity contribution < 1.29 is 18.3 Å². The van der Waals surface area contributed by atoms with Crippen molar-refractivity contribution in [2.24, 2.45) is 5.92 Å². The largest absolute Gasteiger partial charge is 0.493 e. The van der Waals surface area contributed by atoms with Crippen molar-refractivity contribution in [3.8, 4) is 22.9 Å². The van der Waals surface area contributed by atoms with E-state index in [1.165, 1.54) is 38.0 Å². The van der Waals surface area contributed by atoms with Crippen LogP contribution in [0.1, 0.15) is 51.0 Å². The lowest BCUT2D eigenvalue weighted by Gasteiger charge is -2.42. The van der Waals surface area contributed by atoms with Gasteiger partial charge in [-0.1, -0.05) is 19.9 Å². The number of nitrogens with zero attached hydrogens (tertiary/aromatic N) is 4. The van der Waals surface area contributed by atoms with Crippen LogP contribution < -0.4 is 9.47 Å². The van der Waals surface area contributed by atoms with Crippen LogP contribution in [0.3, 0.4) is 0 Å². The van der Waals surface area contributed by atoms with Gasteiger partial charge in [0.05, 0.1) is 31.8 Å². The predicted molar refractivity (Wildman–Crippen MR) is 152 cm³/mol. The Hall–Kier alpha value is -2.71. The van der Waals surface area contributed by atoms with Crippen LogP contribution >= 0.6 is 0 Å². The number of benzene rings is 2. The number of fused-ring (bicyclic) bond motifs is 1. The number of halogens is 2. The maximum absolute atomic E-state index is 13.6. The molecule has 2 aliphatic heterocycles. The summed E-state index contributed by atoms with van der Waals surface area (Å²) >= 11 is 0. The van der Waals surface area contributed by atoms with E-state index < -0.39 is 13.0 Å². The molecule has 0 unspecified atom stereocenters. The fourth-order valence-electron chi connectivity index (χ4n) is 6.50. The minimum absolute atomic E-state index is 0.409. The topological polar surface area (TPSA) is 42.8 Å². The van der Waals surface area contributed by atoms with Gasteiger partial charge in [0.2, 0.25) is 0 Å². The van der Waals surface area contributed by atoms with Gasteiger partial charge >= 0.3 is 0 Å². The number of likely N-dealkylation sites (tertiary alicyclic amines) is 2. The minimum atomic E-state index is -2.48. The summed E-state index contributed by atoms with van der Waals surface area (Å²) in [6.07, 6.45) is 2.30. The maximum atomic E-state index is 13.6. The minimum Gasteiger partial charge on any atom is -0.493 e. The Bertz CT molecular complexity index is 1240. The van der Waals surface area contributed by atoms with E-state index in [9.17, 15) is 8.78 Å². The third-order valence-corrected chi connectivity index (χ3v) is 8.43. The molecule has 0 amide bonds. The Morgan fingerprint density at radius 2 is 1.59 bits per heavy atom. The lowest BCUT2D eigenvalue weighted by atomic mass is 9.87. The quantitative estimate of drug-likeness (QED) is 0.319. The second-order valence-electron chi connectivity index (χ2n) is 11.5. The van der Waals surface area contributed by atoms with Crippen molar-refractivity contribution in [3.63, 3.8) is 0 Å². The fourth-order valence-corrected chi connectivity index (χ4v) is 6.50. The zero-order valence-electron chi connectivity index (χ0n) is 23.7. The highest BCUT2D eigenvalue weighted by Crippen LogP contribution is 2.36. The Balaban J connectivity index is 1.32. The third kappa shape index (κ3) is 6.22. The predicted octanol–water partition coefficient (Wildman–Crippen LogP) is 6.29. The molecule has 2 saturated heterocycles. The van der Waals surface area contributed by atoms with Gasteiger partial charge in [-0.25, -0.2) is 13.8 Å². The summed E-state index contributed by atoms with van der Waals surface area (Å²) in [5.74, 6) is 2.85. The summed E-state index contributed by atoms with van der Waals surface area (Å²) in [5.41, 5.74) is 3.47. The van der Waals surface area contributed by atoms with Gasteiger partial charge in [0, 0.05) is 18.2 Å². The zero-order valence-corrected chi connectivity index (χ0v) is 23.7. The fraction of sp³-hybridized carbons (Fsp3) is 0.581. The van der Waals surface area contributed by atoms with Crippen LogP contribution in [0.25, 0.3) is 22.4 Å². The molecule has 0 bridgehead atoms. The van der Waals surface area contributed by atoms with Crippen LogP contribution in [0, 0.1) is 5.92 Å². The van der Waals surface area contributed by atoms with Gasteiger partial charge in [0.15, 0.2) is 11.5 Å². The van der Waals surface area contributed by atoms with Gasteiger partial charge in [-0.2, -0.15) is 0 Å². The molecular formula is C31H42F2N4O2. The molecule has 2 aromatic carbocycles. The van der Waals surface area contributed by atoms with Crippen LogP contribution in [0.5, 0.6) is 11.5 Å². The first-order chi connectivity index (χ1) is 18.9. The normalized spacial score (nSPS) is 18.5. The van der Waals surface area contributed by atoms with E-state index in [0.29, 0.717) is 29.3 Å². The average molecular weight is 541 g/mol. The molecule has 0 N–H and O–H groups in total. The van der Waals surface area contributed by atoms with E-state index in [1.54, 1.807) is 30.9 Å². The number of alkyl halides is 2. The summed E-state index contributed by atoms with van der Waals surface area (Å²) in [6, 6.07) is 12.3. The first kappa shape index (κ1) is 27.8. The molecule has 0 radical (unpaired) electrons. The first-order valence-corrected chi connectivity index (χ1v) is 14.3. The molecule has 2 aliphatic rings. The molecule has 1 aromatic heterocycles. The van der Waals surface area contributed by atoms with Gasteiger partial charge in [-0.3, -0.25) is 0 Å². The Kier molecular flexibility index (Phi) is 8.72. The molecule has 3 heterocycles. The molecule has 5 rings (SSSR count). The number of methoxy groups -OCH3 is 2. The highest BCUT2D eigenvalue weighted by Gasteiger charge is 2.29. The SMILES string of the molecule is COc1ccc(-c2nc3cc(C4CCN(C5CCN(CC(C)C)CC5)CC4)ccc3n2CC(F)F)cc1OC. The molecule has 6 nitrogen and oxygen atoms in total. The first-order valence-electron chi connectivity index (χ1n) is 14.3. The van der Waals surface area contributed by atoms with Crippen molar-refractivity contribution in [1.82, 2.24) is 19.4 Å². The summed E-state index contributed by atoms with van der Waals surface area (Å²) in [6.45, 7) is 10.1. The Labute approximate surface area is 230 Å². The molecule has 8 heteroatoms. The number of hydrogen-bond acceptors (Lipinski definition) is 5. The van der Waals surface area contributed by atoms with Crippen molar-refractivity contribution in [3.05, 3.63) is 42.0 Å². The Morgan fingerprint density at radius 1 is 0.872 bits per heavy atom. The van der Waals surface area contributed by atoms with Crippen molar-refractivity contribution in [2.45, 2.75) is 64.5 Å². The van der Waals surface area contributed by atoms with Gasteiger partial charge in [-0.15, -0.1) is 0 Å². The van der Waals surface area contributed by atoms with Crippen LogP contribution in [0.2, 0.25) is 0 Å². The molecule has 2 fully saturated rings.